The molecule has 4 rings (SSSR count). The number of likely N-dealkylation sites (tertiary alicyclic amines) is 1. The quantitative estimate of drug-likeness (QED) is 0.791. The molecule has 1 aliphatic carbocycles. The molecule has 2 unspecified atom stereocenters. The topological polar surface area (TPSA) is 46.1 Å². The fraction of sp³-hybridized carbons (Fsp3) is 0.421. The number of benzene rings is 1. The Morgan fingerprint density at radius 3 is 2.85 bits per heavy atom. The standard InChI is InChI=1S/C19H20FN3OS2/c20-16-4-2-1-3-15(16)18(19(24)12-5-6-12)23-8-7-17(25)13(11-23)9-14-10-21-26-22-14/h1-4,9-10,12,17-18,25H,5-8,11H2/b13-9+. The van der Waals surface area contributed by atoms with E-state index in [1.807, 2.05) is 6.08 Å². The summed E-state index contributed by atoms with van der Waals surface area (Å²) in [5.41, 5.74) is 2.38. The second-order valence-electron chi connectivity index (χ2n) is 6.93. The van der Waals surface area contributed by atoms with Gasteiger partial charge in [0.15, 0.2) is 5.78 Å². The minimum Gasteiger partial charge on any atom is -0.297 e. The molecule has 7 heteroatoms. The van der Waals surface area contributed by atoms with Gasteiger partial charge in [0.25, 0.3) is 0 Å². The van der Waals surface area contributed by atoms with Crippen molar-refractivity contribution in [2.45, 2.75) is 30.6 Å². The van der Waals surface area contributed by atoms with Gasteiger partial charge in [0.2, 0.25) is 0 Å². The van der Waals surface area contributed by atoms with Crippen molar-refractivity contribution < 1.29 is 9.18 Å². The molecule has 1 aliphatic heterocycles. The lowest BCUT2D eigenvalue weighted by molar-refractivity contribution is -0.126. The third-order valence-electron chi connectivity index (χ3n) is 5.03. The molecule has 2 atom stereocenters. The van der Waals surface area contributed by atoms with Crippen LogP contribution in [0.3, 0.4) is 0 Å². The minimum atomic E-state index is -0.526. The van der Waals surface area contributed by atoms with Gasteiger partial charge in [0.05, 0.1) is 29.7 Å². The van der Waals surface area contributed by atoms with Crippen LogP contribution in [0.1, 0.15) is 36.6 Å². The van der Waals surface area contributed by atoms with E-state index in [-0.39, 0.29) is 22.8 Å². The van der Waals surface area contributed by atoms with E-state index in [1.165, 1.54) is 17.8 Å². The number of carbonyl (C=O) groups excluding carboxylic acids is 1. The fourth-order valence-electron chi connectivity index (χ4n) is 3.50. The van der Waals surface area contributed by atoms with Crippen molar-refractivity contribution in [2.24, 2.45) is 5.92 Å². The Bertz CT molecular complexity index is 820. The molecule has 4 nitrogen and oxygen atoms in total. The number of piperidine rings is 1. The molecular formula is C19H20FN3OS2. The minimum absolute atomic E-state index is 0.0727. The first-order chi connectivity index (χ1) is 12.6. The normalized spacial score (nSPS) is 23.9. The van der Waals surface area contributed by atoms with Crippen LogP contribution in [0.15, 0.2) is 36.0 Å². The predicted octanol–water partition coefficient (Wildman–Crippen LogP) is 3.79. The molecule has 0 N–H and O–H groups in total. The second kappa shape index (κ2) is 7.58. The van der Waals surface area contributed by atoms with Crippen LogP contribution < -0.4 is 0 Å². The number of Topliss-reactive ketones (excluding diaryl/α,β-unsaturated/α-hetero) is 1. The summed E-state index contributed by atoms with van der Waals surface area (Å²) in [5.74, 6) is -0.0976. The van der Waals surface area contributed by atoms with E-state index in [9.17, 15) is 9.18 Å². The van der Waals surface area contributed by atoms with E-state index >= 15 is 0 Å². The van der Waals surface area contributed by atoms with Crippen LogP contribution >= 0.6 is 24.4 Å². The third kappa shape index (κ3) is 3.75. The van der Waals surface area contributed by atoms with Gasteiger partial charge in [-0.05, 0) is 37.0 Å². The van der Waals surface area contributed by atoms with Crippen LogP contribution in [-0.4, -0.2) is 37.8 Å². The van der Waals surface area contributed by atoms with Crippen molar-refractivity contribution in [1.82, 2.24) is 13.6 Å². The molecule has 2 aliphatic rings. The van der Waals surface area contributed by atoms with E-state index in [0.717, 1.165) is 37.1 Å². The van der Waals surface area contributed by atoms with Gasteiger partial charge < -0.3 is 0 Å². The smallest absolute Gasteiger partial charge is 0.157 e. The first kappa shape index (κ1) is 17.8. The molecule has 1 saturated heterocycles. The Morgan fingerprint density at radius 2 is 2.15 bits per heavy atom. The van der Waals surface area contributed by atoms with E-state index in [1.54, 1.807) is 24.4 Å². The molecule has 136 valence electrons. The van der Waals surface area contributed by atoms with Gasteiger partial charge in [0.1, 0.15) is 5.82 Å². The number of ketones is 1. The zero-order valence-electron chi connectivity index (χ0n) is 14.2. The average Bonchev–Trinajstić information content (AvgIpc) is 3.37. The van der Waals surface area contributed by atoms with Crippen molar-refractivity contribution in [3.8, 4) is 0 Å². The number of thiol groups is 1. The number of carbonyl (C=O) groups is 1. The SMILES string of the molecule is O=C(C1CC1)C(c1ccccc1F)N1CCC(S)/C(=C/c2cnsn2)C1. The Kier molecular flexibility index (Phi) is 5.20. The zero-order valence-corrected chi connectivity index (χ0v) is 15.9. The maximum absolute atomic E-state index is 14.5. The molecule has 2 aromatic rings. The summed E-state index contributed by atoms with van der Waals surface area (Å²) in [4.78, 5) is 15.1. The Labute approximate surface area is 161 Å². The summed E-state index contributed by atoms with van der Waals surface area (Å²) in [5, 5.41) is 0.116. The highest BCUT2D eigenvalue weighted by molar-refractivity contribution is 7.81. The average molecular weight is 390 g/mol. The van der Waals surface area contributed by atoms with Crippen LogP contribution in [0.25, 0.3) is 6.08 Å². The number of hydrogen-bond acceptors (Lipinski definition) is 6. The number of nitrogens with zero attached hydrogens (tertiary/aromatic N) is 3. The molecule has 26 heavy (non-hydrogen) atoms. The van der Waals surface area contributed by atoms with Crippen molar-refractivity contribution in [2.75, 3.05) is 13.1 Å². The second-order valence-corrected chi connectivity index (χ2v) is 8.11. The number of halogens is 1. The molecule has 2 heterocycles. The van der Waals surface area contributed by atoms with Crippen molar-refractivity contribution in [3.63, 3.8) is 0 Å². The summed E-state index contributed by atoms with van der Waals surface area (Å²) >= 11 is 5.86. The summed E-state index contributed by atoms with van der Waals surface area (Å²) in [6.45, 7) is 1.31. The lowest BCUT2D eigenvalue weighted by Crippen LogP contribution is -2.42. The van der Waals surface area contributed by atoms with Gasteiger partial charge >= 0.3 is 0 Å². The lowest BCUT2D eigenvalue weighted by Gasteiger charge is -2.37. The van der Waals surface area contributed by atoms with E-state index in [2.05, 4.69) is 13.6 Å². The molecular weight excluding hydrogens is 369 g/mol. The number of aromatic nitrogens is 2. The highest BCUT2D eigenvalue weighted by atomic mass is 32.1. The van der Waals surface area contributed by atoms with Gasteiger partial charge in [0, 0.05) is 29.8 Å². The third-order valence-corrected chi connectivity index (χ3v) is 6.11. The molecule has 0 radical (unpaired) electrons. The number of rotatable bonds is 5. The Balaban J connectivity index is 1.65. The predicted molar refractivity (Wildman–Crippen MR) is 104 cm³/mol. The van der Waals surface area contributed by atoms with E-state index < -0.39 is 6.04 Å². The lowest BCUT2D eigenvalue weighted by atomic mass is 9.93. The molecule has 1 aromatic heterocycles. The summed E-state index contributed by atoms with van der Waals surface area (Å²) in [6.07, 6.45) is 6.36. The van der Waals surface area contributed by atoms with Gasteiger partial charge in [-0.2, -0.15) is 21.4 Å². The highest BCUT2D eigenvalue weighted by Crippen LogP contribution is 2.39. The molecule has 0 bridgehead atoms. The van der Waals surface area contributed by atoms with Crippen molar-refractivity contribution >= 4 is 36.2 Å². The highest BCUT2D eigenvalue weighted by Gasteiger charge is 2.40. The van der Waals surface area contributed by atoms with Gasteiger partial charge in [-0.3, -0.25) is 9.69 Å². The maximum atomic E-state index is 14.5. The van der Waals surface area contributed by atoms with Crippen LogP contribution in [0.5, 0.6) is 0 Å². The molecule has 0 spiro atoms. The van der Waals surface area contributed by atoms with Gasteiger partial charge in [-0.1, -0.05) is 18.2 Å². The maximum Gasteiger partial charge on any atom is 0.157 e. The number of hydrogen-bond donors (Lipinski definition) is 1. The molecule has 1 aromatic carbocycles. The van der Waals surface area contributed by atoms with Crippen molar-refractivity contribution in [3.05, 3.63) is 53.1 Å². The summed E-state index contributed by atoms with van der Waals surface area (Å²) < 4.78 is 22.8. The molecule has 2 fully saturated rings. The largest absolute Gasteiger partial charge is 0.297 e. The van der Waals surface area contributed by atoms with Crippen LogP contribution in [0.4, 0.5) is 4.39 Å². The van der Waals surface area contributed by atoms with E-state index in [4.69, 9.17) is 12.6 Å². The first-order valence-corrected chi connectivity index (χ1v) is 10.1. The Hall–Kier alpha value is -1.57. The van der Waals surface area contributed by atoms with Gasteiger partial charge in [-0.15, -0.1) is 0 Å². The summed E-state index contributed by atoms with van der Waals surface area (Å²) in [7, 11) is 0. The van der Waals surface area contributed by atoms with Crippen LogP contribution in [0.2, 0.25) is 0 Å². The Morgan fingerprint density at radius 1 is 1.35 bits per heavy atom. The monoisotopic (exact) mass is 389 g/mol. The summed E-state index contributed by atoms with van der Waals surface area (Å²) in [6, 6.07) is 6.11. The zero-order chi connectivity index (χ0) is 18.1. The van der Waals surface area contributed by atoms with Crippen LogP contribution in [-0.2, 0) is 4.79 Å². The van der Waals surface area contributed by atoms with Gasteiger partial charge in [-0.25, -0.2) is 4.39 Å². The fourth-order valence-corrected chi connectivity index (χ4v) is 4.17. The van der Waals surface area contributed by atoms with E-state index in [0.29, 0.717) is 12.1 Å². The molecule has 0 amide bonds. The first-order valence-electron chi connectivity index (χ1n) is 8.82. The molecule has 1 saturated carbocycles. The van der Waals surface area contributed by atoms with Crippen LogP contribution in [0, 0.1) is 11.7 Å². The van der Waals surface area contributed by atoms with Crippen molar-refractivity contribution in [1.29, 1.82) is 0 Å².